The Bertz CT molecular complexity index is 891. The number of rotatable bonds is 7. The standard InChI is InChI=1S/C25H32N4O2/c1-18-17-23(18)24(30)27-21-8-6-19(7-9-21)25(31)28(2)22-11-15-29(16-12-22)14-10-20-5-3-4-13-26-20/h3-9,13,18,22-23H,10-12,14-17H2,1-2H3,(H,27,30). The van der Waals surface area contributed by atoms with E-state index in [1.54, 1.807) is 0 Å². The summed E-state index contributed by atoms with van der Waals surface area (Å²) in [6.45, 7) is 5.10. The maximum atomic E-state index is 12.9. The van der Waals surface area contributed by atoms with Gasteiger partial charge in [-0.1, -0.05) is 13.0 Å². The quantitative estimate of drug-likeness (QED) is 0.745. The van der Waals surface area contributed by atoms with Gasteiger partial charge in [0.1, 0.15) is 0 Å². The van der Waals surface area contributed by atoms with Crippen molar-refractivity contribution in [3.63, 3.8) is 0 Å². The summed E-state index contributed by atoms with van der Waals surface area (Å²) in [5.74, 6) is 0.748. The number of aromatic nitrogens is 1. The Balaban J connectivity index is 1.24. The van der Waals surface area contributed by atoms with Gasteiger partial charge in [0.2, 0.25) is 5.91 Å². The fourth-order valence-electron chi connectivity index (χ4n) is 4.34. The average molecular weight is 421 g/mol. The Labute approximate surface area is 184 Å². The van der Waals surface area contributed by atoms with Crippen LogP contribution in [0.25, 0.3) is 0 Å². The Morgan fingerprint density at radius 2 is 1.84 bits per heavy atom. The van der Waals surface area contributed by atoms with E-state index in [4.69, 9.17) is 0 Å². The number of hydrogen-bond acceptors (Lipinski definition) is 4. The Morgan fingerprint density at radius 3 is 2.45 bits per heavy atom. The number of anilines is 1. The molecule has 6 nitrogen and oxygen atoms in total. The van der Waals surface area contributed by atoms with E-state index >= 15 is 0 Å². The summed E-state index contributed by atoms with van der Waals surface area (Å²) >= 11 is 0. The van der Waals surface area contributed by atoms with Crippen molar-refractivity contribution in [2.24, 2.45) is 11.8 Å². The van der Waals surface area contributed by atoms with Gasteiger partial charge >= 0.3 is 0 Å². The van der Waals surface area contributed by atoms with Gasteiger partial charge in [0.05, 0.1) is 0 Å². The number of carbonyl (C=O) groups excluding carboxylic acids is 2. The monoisotopic (exact) mass is 420 g/mol. The molecule has 2 aliphatic rings. The predicted octanol–water partition coefficient (Wildman–Crippen LogP) is 3.46. The fourth-order valence-corrected chi connectivity index (χ4v) is 4.34. The highest BCUT2D eigenvalue weighted by atomic mass is 16.2. The SMILES string of the molecule is CC1CC1C(=O)Nc1ccc(C(=O)N(C)C2CCN(CCc3ccccn3)CC2)cc1. The third kappa shape index (κ3) is 5.50. The molecule has 164 valence electrons. The molecule has 1 aliphatic heterocycles. The summed E-state index contributed by atoms with van der Waals surface area (Å²) in [7, 11) is 1.90. The number of hydrogen-bond donors (Lipinski definition) is 1. The molecular weight excluding hydrogens is 388 g/mol. The lowest BCUT2D eigenvalue weighted by Crippen LogP contribution is -2.46. The van der Waals surface area contributed by atoms with Gasteiger partial charge in [-0.05, 0) is 61.6 Å². The maximum Gasteiger partial charge on any atom is 0.253 e. The second kappa shape index (κ2) is 9.60. The van der Waals surface area contributed by atoms with Crippen LogP contribution in [0.1, 0.15) is 42.2 Å². The van der Waals surface area contributed by atoms with Gasteiger partial charge in [-0.2, -0.15) is 0 Å². The molecule has 1 saturated carbocycles. The molecule has 31 heavy (non-hydrogen) atoms. The fraction of sp³-hybridized carbons (Fsp3) is 0.480. The molecule has 2 amide bonds. The van der Waals surface area contributed by atoms with E-state index in [0.29, 0.717) is 11.5 Å². The van der Waals surface area contributed by atoms with Crippen molar-refractivity contribution >= 4 is 17.5 Å². The van der Waals surface area contributed by atoms with Crippen LogP contribution >= 0.6 is 0 Å². The Kier molecular flexibility index (Phi) is 6.66. The summed E-state index contributed by atoms with van der Waals surface area (Å²) in [5, 5.41) is 2.95. The van der Waals surface area contributed by atoms with Gasteiger partial charge in [0, 0.05) is 68.2 Å². The van der Waals surface area contributed by atoms with E-state index in [9.17, 15) is 9.59 Å². The molecule has 2 fully saturated rings. The van der Waals surface area contributed by atoms with E-state index in [1.807, 2.05) is 54.5 Å². The molecule has 2 heterocycles. The minimum absolute atomic E-state index is 0.0422. The Morgan fingerprint density at radius 1 is 1.13 bits per heavy atom. The minimum Gasteiger partial charge on any atom is -0.339 e. The molecule has 2 aromatic rings. The van der Waals surface area contributed by atoms with E-state index in [1.165, 1.54) is 0 Å². The second-order valence-electron chi connectivity index (χ2n) is 8.95. The van der Waals surface area contributed by atoms with E-state index in [0.717, 1.165) is 56.7 Å². The van der Waals surface area contributed by atoms with E-state index < -0.39 is 0 Å². The largest absolute Gasteiger partial charge is 0.339 e. The van der Waals surface area contributed by atoms with Crippen molar-refractivity contribution in [1.29, 1.82) is 0 Å². The lowest BCUT2D eigenvalue weighted by atomic mass is 10.0. The highest BCUT2D eigenvalue weighted by molar-refractivity contribution is 5.97. The van der Waals surface area contributed by atoms with Gasteiger partial charge in [-0.3, -0.25) is 14.6 Å². The van der Waals surface area contributed by atoms with Crippen LogP contribution in [0.3, 0.4) is 0 Å². The molecule has 1 N–H and O–H groups in total. The van der Waals surface area contributed by atoms with Crippen molar-refractivity contribution in [2.45, 2.75) is 38.6 Å². The van der Waals surface area contributed by atoms with Crippen LogP contribution in [0.4, 0.5) is 5.69 Å². The molecule has 0 spiro atoms. The smallest absolute Gasteiger partial charge is 0.253 e. The zero-order chi connectivity index (χ0) is 21.8. The molecule has 6 heteroatoms. The summed E-state index contributed by atoms with van der Waals surface area (Å²) in [6.07, 6.45) is 5.74. The van der Waals surface area contributed by atoms with Gasteiger partial charge in [-0.25, -0.2) is 0 Å². The van der Waals surface area contributed by atoms with Crippen molar-refractivity contribution in [2.75, 3.05) is 32.0 Å². The van der Waals surface area contributed by atoms with Crippen LogP contribution in [0.15, 0.2) is 48.7 Å². The number of benzene rings is 1. The van der Waals surface area contributed by atoms with Gasteiger partial charge < -0.3 is 15.1 Å². The number of nitrogens with zero attached hydrogens (tertiary/aromatic N) is 3. The zero-order valence-electron chi connectivity index (χ0n) is 18.5. The van der Waals surface area contributed by atoms with Crippen LogP contribution in [0.2, 0.25) is 0 Å². The molecular formula is C25H32N4O2. The number of nitrogens with one attached hydrogen (secondary N) is 1. The number of amides is 2. The van der Waals surface area contributed by atoms with Gasteiger partial charge in [0.25, 0.3) is 5.91 Å². The average Bonchev–Trinajstić information content (AvgIpc) is 3.55. The number of pyridine rings is 1. The molecule has 4 rings (SSSR count). The van der Waals surface area contributed by atoms with Crippen LogP contribution in [-0.2, 0) is 11.2 Å². The molecule has 0 radical (unpaired) electrons. The Hall–Kier alpha value is -2.73. The number of likely N-dealkylation sites (tertiary alicyclic amines) is 1. The molecule has 1 aromatic heterocycles. The van der Waals surface area contributed by atoms with Gasteiger partial charge in [-0.15, -0.1) is 0 Å². The first kappa shape index (κ1) is 21.5. The first-order valence-corrected chi connectivity index (χ1v) is 11.3. The lowest BCUT2D eigenvalue weighted by molar-refractivity contribution is -0.117. The van der Waals surface area contributed by atoms with Crippen LogP contribution in [0.5, 0.6) is 0 Å². The maximum absolute atomic E-state index is 12.9. The molecule has 2 atom stereocenters. The summed E-state index contributed by atoms with van der Waals surface area (Å²) in [4.78, 5) is 33.8. The lowest BCUT2D eigenvalue weighted by Gasteiger charge is -2.36. The molecule has 0 bridgehead atoms. The number of piperidine rings is 1. The zero-order valence-corrected chi connectivity index (χ0v) is 18.5. The third-order valence-electron chi connectivity index (χ3n) is 6.68. The summed E-state index contributed by atoms with van der Waals surface area (Å²) in [6, 6.07) is 13.6. The molecule has 2 unspecified atom stereocenters. The number of carbonyl (C=O) groups is 2. The van der Waals surface area contributed by atoms with Crippen LogP contribution < -0.4 is 5.32 Å². The normalized spacial score (nSPS) is 21.5. The van der Waals surface area contributed by atoms with Gasteiger partial charge in [0.15, 0.2) is 0 Å². The second-order valence-corrected chi connectivity index (χ2v) is 8.95. The van der Waals surface area contributed by atoms with Crippen molar-refractivity contribution in [3.05, 3.63) is 59.9 Å². The summed E-state index contributed by atoms with van der Waals surface area (Å²) in [5.41, 5.74) is 2.55. The topological polar surface area (TPSA) is 65.5 Å². The molecule has 1 saturated heterocycles. The predicted molar refractivity (Wildman–Crippen MR) is 122 cm³/mol. The third-order valence-corrected chi connectivity index (χ3v) is 6.68. The van der Waals surface area contributed by atoms with Crippen LogP contribution in [-0.4, -0.2) is 59.3 Å². The highest BCUT2D eigenvalue weighted by Crippen LogP contribution is 2.38. The van der Waals surface area contributed by atoms with E-state index in [2.05, 4.69) is 28.2 Å². The summed E-state index contributed by atoms with van der Waals surface area (Å²) < 4.78 is 0. The van der Waals surface area contributed by atoms with Crippen molar-refractivity contribution < 1.29 is 9.59 Å². The molecule has 1 aromatic carbocycles. The van der Waals surface area contributed by atoms with Crippen molar-refractivity contribution in [1.82, 2.24) is 14.8 Å². The van der Waals surface area contributed by atoms with Crippen LogP contribution in [0, 0.1) is 11.8 Å². The first-order valence-electron chi connectivity index (χ1n) is 11.3. The molecule has 1 aliphatic carbocycles. The van der Waals surface area contributed by atoms with Crippen molar-refractivity contribution in [3.8, 4) is 0 Å². The first-order chi connectivity index (χ1) is 15.0. The van der Waals surface area contributed by atoms with E-state index in [-0.39, 0.29) is 23.8 Å². The minimum atomic E-state index is 0.0422. The highest BCUT2D eigenvalue weighted by Gasteiger charge is 2.39.